The number of aliphatic hydroxyl groups is 2. The fraction of sp³-hybridized carbons (Fsp3) is 0.571. The number of benzene rings is 1. The standard InChI is InChI=1S/C14H18F3NO2/c15-14(16,17)11-3-1-10(2-4-11)12(20)7-18-8-13(9-19)5-6-13/h1-4,12,18-20H,5-9H2. The van der Waals surface area contributed by atoms with Gasteiger partial charge in [-0.25, -0.2) is 0 Å². The summed E-state index contributed by atoms with van der Waals surface area (Å²) >= 11 is 0. The van der Waals surface area contributed by atoms with Crippen molar-refractivity contribution in [1.82, 2.24) is 5.32 Å². The Morgan fingerprint density at radius 3 is 2.25 bits per heavy atom. The Morgan fingerprint density at radius 1 is 1.20 bits per heavy atom. The maximum Gasteiger partial charge on any atom is 0.416 e. The lowest BCUT2D eigenvalue weighted by Gasteiger charge is -2.16. The summed E-state index contributed by atoms with van der Waals surface area (Å²) < 4.78 is 37.2. The van der Waals surface area contributed by atoms with Crippen LogP contribution < -0.4 is 5.32 Å². The topological polar surface area (TPSA) is 52.5 Å². The van der Waals surface area contributed by atoms with Crippen molar-refractivity contribution in [3.05, 3.63) is 35.4 Å². The van der Waals surface area contributed by atoms with Crippen molar-refractivity contribution in [2.75, 3.05) is 19.7 Å². The molecule has 1 aromatic carbocycles. The number of nitrogens with one attached hydrogen (secondary N) is 1. The zero-order valence-corrected chi connectivity index (χ0v) is 11.0. The highest BCUT2D eigenvalue weighted by atomic mass is 19.4. The summed E-state index contributed by atoms with van der Waals surface area (Å²) in [4.78, 5) is 0. The molecule has 112 valence electrons. The van der Waals surface area contributed by atoms with Gasteiger partial charge in [-0.1, -0.05) is 12.1 Å². The summed E-state index contributed by atoms with van der Waals surface area (Å²) in [7, 11) is 0. The molecule has 2 rings (SSSR count). The van der Waals surface area contributed by atoms with Crippen LogP contribution in [0, 0.1) is 5.41 Å². The predicted molar refractivity (Wildman–Crippen MR) is 68.0 cm³/mol. The van der Waals surface area contributed by atoms with Gasteiger partial charge in [0, 0.05) is 25.1 Å². The second-order valence-corrected chi connectivity index (χ2v) is 5.42. The van der Waals surface area contributed by atoms with Gasteiger partial charge in [0.25, 0.3) is 0 Å². The lowest BCUT2D eigenvalue weighted by Crippen LogP contribution is -2.30. The van der Waals surface area contributed by atoms with Crippen LogP contribution in [-0.2, 0) is 6.18 Å². The summed E-state index contributed by atoms with van der Waals surface area (Å²) in [5.74, 6) is 0. The van der Waals surface area contributed by atoms with Gasteiger partial charge in [0.05, 0.1) is 11.7 Å². The van der Waals surface area contributed by atoms with Crippen LogP contribution >= 0.6 is 0 Å². The SMILES string of the molecule is OCC1(CNCC(O)c2ccc(C(F)(F)F)cc2)CC1. The monoisotopic (exact) mass is 289 g/mol. The van der Waals surface area contributed by atoms with Gasteiger partial charge in [-0.05, 0) is 30.5 Å². The average Bonchev–Trinajstić information content (AvgIpc) is 3.18. The molecule has 0 saturated heterocycles. The van der Waals surface area contributed by atoms with Gasteiger partial charge in [-0.3, -0.25) is 0 Å². The van der Waals surface area contributed by atoms with E-state index in [0.717, 1.165) is 25.0 Å². The van der Waals surface area contributed by atoms with Crippen LogP contribution in [0.2, 0.25) is 0 Å². The van der Waals surface area contributed by atoms with Gasteiger partial charge in [-0.2, -0.15) is 13.2 Å². The fourth-order valence-corrected chi connectivity index (χ4v) is 2.05. The highest BCUT2D eigenvalue weighted by Gasteiger charge is 2.41. The van der Waals surface area contributed by atoms with Crippen LogP contribution in [0.1, 0.15) is 30.1 Å². The minimum absolute atomic E-state index is 0.0557. The Bertz CT molecular complexity index is 441. The molecule has 1 aliphatic carbocycles. The molecular weight excluding hydrogens is 271 g/mol. The van der Waals surface area contributed by atoms with Gasteiger partial charge < -0.3 is 15.5 Å². The maximum absolute atomic E-state index is 12.4. The van der Waals surface area contributed by atoms with Gasteiger partial charge in [0.2, 0.25) is 0 Å². The Balaban J connectivity index is 1.84. The van der Waals surface area contributed by atoms with Crippen molar-refractivity contribution in [3.8, 4) is 0 Å². The minimum Gasteiger partial charge on any atom is -0.396 e. The highest BCUT2D eigenvalue weighted by Crippen LogP contribution is 2.44. The molecule has 3 nitrogen and oxygen atoms in total. The van der Waals surface area contributed by atoms with Gasteiger partial charge in [-0.15, -0.1) is 0 Å². The van der Waals surface area contributed by atoms with E-state index >= 15 is 0 Å². The number of aliphatic hydroxyl groups excluding tert-OH is 2. The highest BCUT2D eigenvalue weighted by molar-refractivity contribution is 5.26. The van der Waals surface area contributed by atoms with Crippen molar-refractivity contribution in [2.45, 2.75) is 25.1 Å². The lowest BCUT2D eigenvalue weighted by molar-refractivity contribution is -0.137. The molecule has 1 fully saturated rings. The van der Waals surface area contributed by atoms with Crippen LogP contribution in [0.5, 0.6) is 0 Å². The Kier molecular flexibility index (Phi) is 4.36. The second kappa shape index (κ2) is 5.71. The zero-order valence-electron chi connectivity index (χ0n) is 11.0. The van der Waals surface area contributed by atoms with E-state index in [1.807, 2.05) is 0 Å². The molecule has 3 N–H and O–H groups in total. The number of hydrogen-bond acceptors (Lipinski definition) is 3. The van der Waals surface area contributed by atoms with E-state index < -0.39 is 17.8 Å². The summed E-state index contributed by atoms with van der Waals surface area (Å²) in [5.41, 5.74) is -0.335. The molecule has 1 aromatic rings. The Hall–Kier alpha value is -1.11. The second-order valence-electron chi connectivity index (χ2n) is 5.42. The molecule has 20 heavy (non-hydrogen) atoms. The van der Waals surface area contributed by atoms with Crippen LogP contribution in [0.3, 0.4) is 0 Å². The molecule has 1 saturated carbocycles. The first-order chi connectivity index (χ1) is 9.36. The Morgan fingerprint density at radius 2 is 1.80 bits per heavy atom. The third kappa shape index (κ3) is 3.71. The van der Waals surface area contributed by atoms with Crippen molar-refractivity contribution in [1.29, 1.82) is 0 Å². The Labute approximate surface area is 115 Å². The molecule has 0 radical (unpaired) electrons. The van der Waals surface area contributed by atoms with Crippen molar-refractivity contribution in [3.63, 3.8) is 0 Å². The van der Waals surface area contributed by atoms with E-state index in [0.29, 0.717) is 12.1 Å². The van der Waals surface area contributed by atoms with E-state index in [9.17, 15) is 18.3 Å². The van der Waals surface area contributed by atoms with E-state index in [-0.39, 0.29) is 18.6 Å². The predicted octanol–water partition coefficient (Wildman–Crippen LogP) is 2.10. The molecule has 1 aliphatic rings. The molecule has 1 atom stereocenters. The fourth-order valence-electron chi connectivity index (χ4n) is 2.05. The first-order valence-corrected chi connectivity index (χ1v) is 6.53. The number of alkyl halides is 3. The first kappa shape index (κ1) is 15.3. The molecule has 0 aromatic heterocycles. The third-order valence-electron chi connectivity index (χ3n) is 3.75. The third-order valence-corrected chi connectivity index (χ3v) is 3.75. The molecule has 0 bridgehead atoms. The van der Waals surface area contributed by atoms with Crippen molar-refractivity contribution < 1.29 is 23.4 Å². The average molecular weight is 289 g/mol. The van der Waals surface area contributed by atoms with Crippen molar-refractivity contribution in [2.24, 2.45) is 5.41 Å². The number of rotatable bonds is 6. The van der Waals surface area contributed by atoms with Gasteiger partial charge in [0.1, 0.15) is 0 Å². The smallest absolute Gasteiger partial charge is 0.396 e. The van der Waals surface area contributed by atoms with Crippen LogP contribution in [0.25, 0.3) is 0 Å². The number of halogens is 3. The van der Waals surface area contributed by atoms with E-state index in [4.69, 9.17) is 5.11 Å². The molecule has 0 heterocycles. The maximum atomic E-state index is 12.4. The van der Waals surface area contributed by atoms with Crippen LogP contribution in [0.15, 0.2) is 24.3 Å². The normalized spacial score (nSPS) is 18.9. The first-order valence-electron chi connectivity index (χ1n) is 6.53. The molecule has 0 spiro atoms. The quantitative estimate of drug-likeness (QED) is 0.752. The van der Waals surface area contributed by atoms with Gasteiger partial charge in [0.15, 0.2) is 0 Å². The van der Waals surface area contributed by atoms with Gasteiger partial charge >= 0.3 is 6.18 Å². The molecular formula is C14H18F3NO2. The van der Waals surface area contributed by atoms with Crippen LogP contribution in [0.4, 0.5) is 13.2 Å². The van der Waals surface area contributed by atoms with Crippen molar-refractivity contribution >= 4 is 0 Å². The molecule has 6 heteroatoms. The molecule has 0 amide bonds. The largest absolute Gasteiger partial charge is 0.416 e. The summed E-state index contributed by atoms with van der Waals surface area (Å²) in [5, 5.41) is 22.1. The summed E-state index contributed by atoms with van der Waals surface area (Å²) in [6, 6.07) is 4.51. The number of hydrogen-bond donors (Lipinski definition) is 3. The van der Waals surface area contributed by atoms with E-state index in [2.05, 4.69) is 5.32 Å². The zero-order chi connectivity index (χ0) is 14.8. The lowest BCUT2D eigenvalue weighted by atomic mass is 10.1. The summed E-state index contributed by atoms with van der Waals surface area (Å²) in [6.45, 7) is 0.991. The van der Waals surface area contributed by atoms with E-state index in [1.165, 1.54) is 12.1 Å². The molecule has 1 unspecified atom stereocenters. The minimum atomic E-state index is -4.36. The summed E-state index contributed by atoms with van der Waals surface area (Å²) in [6.07, 6.45) is -3.28. The van der Waals surface area contributed by atoms with Crippen LogP contribution in [-0.4, -0.2) is 29.9 Å². The molecule has 0 aliphatic heterocycles. The van der Waals surface area contributed by atoms with E-state index in [1.54, 1.807) is 0 Å².